The average molecular weight is 299 g/mol. The molecule has 0 radical (unpaired) electrons. The van der Waals surface area contributed by atoms with Gasteiger partial charge in [0.05, 0.1) is 6.61 Å². The van der Waals surface area contributed by atoms with Crippen LogP contribution in [-0.2, 0) is 14.3 Å². The van der Waals surface area contributed by atoms with Crippen LogP contribution in [0.1, 0.15) is 73.1 Å². The number of esters is 1. The fourth-order valence-corrected chi connectivity index (χ4v) is 2.10. The van der Waals surface area contributed by atoms with E-state index in [4.69, 9.17) is 4.74 Å². The highest BCUT2D eigenvalue weighted by Crippen LogP contribution is 2.11. The monoisotopic (exact) mass is 299 g/mol. The van der Waals surface area contributed by atoms with Gasteiger partial charge in [0.15, 0.2) is 0 Å². The summed E-state index contributed by atoms with van der Waals surface area (Å²) in [5.41, 5.74) is 0. The van der Waals surface area contributed by atoms with Crippen molar-refractivity contribution >= 4 is 11.9 Å². The van der Waals surface area contributed by atoms with Gasteiger partial charge >= 0.3 is 5.97 Å². The van der Waals surface area contributed by atoms with Gasteiger partial charge in [-0.2, -0.15) is 0 Å². The molecule has 0 spiro atoms. The Labute approximate surface area is 130 Å². The van der Waals surface area contributed by atoms with Crippen LogP contribution in [-0.4, -0.2) is 36.0 Å². The maximum absolute atomic E-state index is 12.3. The van der Waals surface area contributed by atoms with E-state index in [-0.39, 0.29) is 11.9 Å². The van der Waals surface area contributed by atoms with E-state index in [0.717, 1.165) is 32.1 Å². The summed E-state index contributed by atoms with van der Waals surface area (Å²) in [6.07, 6.45) is 5.41. The number of nitrogens with zero attached hydrogens (tertiary/aromatic N) is 1. The smallest absolute Gasteiger partial charge is 0.328 e. The third kappa shape index (κ3) is 8.74. The van der Waals surface area contributed by atoms with E-state index in [0.29, 0.717) is 25.5 Å². The van der Waals surface area contributed by atoms with E-state index in [1.54, 1.807) is 11.8 Å². The maximum atomic E-state index is 12.3. The second kappa shape index (κ2) is 11.6. The predicted octanol–water partition coefficient (Wildman–Crippen LogP) is 3.78. The van der Waals surface area contributed by atoms with Gasteiger partial charge in [0.25, 0.3) is 0 Å². The Balaban J connectivity index is 4.56. The lowest BCUT2D eigenvalue weighted by Gasteiger charge is -2.29. The van der Waals surface area contributed by atoms with Crippen molar-refractivity contribution in [2.45, 2.75) is 79.2 Å². The first-order valence-electron chi connectivity index (χ1n) is 8.40. The van der Waals surface area contributed by atoms with Crippen LogP contribution in [0.3, 0.4) is 0 Å². The first-order valence-corrected chi connectivity index (χ1v) is 8.40. The van der Waals surface area contributed by atoms with Crippen molar-refractivity contribution in [3.8, 4) is 0 Å². The van der Waals surface area contributed by atoms with Gasteiger partial charge in [-0.05, 0) is 25.7 Å². The molecular formula is C17H33NO3. The molecule has 0 aliphatic rings. The number of carbonyl (C=O) groups is 2. The molecule has 0 aromatic rings. The predicted molar refractivity (Wildman–Crippen MR) is 86.0 cm³/mol. The largest absolute Gasteiger partial charge is 0.464 e. The molecule has 4 heteroatoms. The summed E-state index contributed by atoms with van der Waals surface area (Å²) >= 11 is 0. The molecule has 0 aromatic heterocycles. The highest BCUT2D eigenvalue weighted by Gasteiger charge is 2.27. The highest BCUT2D eigenvalue weighted by molar-refractivity contribution is 5.84. The normalized spacial score (nSPS) is 12.3. The molecule has 0 aliphatic carbocycles. The zero-order valence-corrected chi connectivity index (χ0v) is 14.5. The molecule has 0 saturated carbocycles. The number of rotatable bonds is 11. The van der Waals surface area contributed by atoms with Gasteiger partial charge in [0.1, 0.15) is 6.04 Å². The lowest BCUT2D eigenvalue weighted by molar-refractivity contribution is -0.155. The maximum Gasteiger partial charge on any atom is 0.328 e. The van der Waals surface area contributed by atoms with Crippen LogP contribution in [0.5, 0.6) is 0 Å². The number of hydrogen-bond acceptors (Lipinski definition) is 3. The molecule has 0 rings (SSSR count). The molecule has 0 aliphatic heterocycles. The fourth-order valence-electron chi connectivity index (χ4n) is 2.10. The summed E-state index contributed by atoms with van der Waals surface area (Å²) in [4.78, 5) is 26.1. The second-order valence-corrected chi connectivity index (χ2v) is 6.09. The van der Waals surface area contributed by atoms with Crippen molar-refractivity contribution in [1.29, 1.82) is 0 Å². The van der Waals surface area contributed by atoms with Gasteiger partial charge in [-0.15, -0.1) is 0 Å². The Morgan fingerprint density at radius 1 is 1.00 bits per heavy atom. The molecule has 0 heterocycles. The van der Waals surface area contributed by atoms with Gasteiger partial charge in [-0.1, -0.05) is 47.0 Å². The Bertz CT molecular complexity index is 302. The van der Waals surface area contributed by atoms with Gasteiger partial charge in [0, 0.05) is 13.0 Å². The van der Waals surface area contributed by atoms with Crippen LogP contribution in [0, 0.1) is 5.92 Å². The average Bonchev–Trinajstić information content (AvgIpc) is 2.44. The van der Waals surface area contributed by atoms with E-state index in [9.17, 15) is 9.59 Å². The summed E-state index contributed by atoms with van der Waals surface area (Å²) in [5, 5.41) is 0. The third-order valence-electron chi connectivity index (χ3n) is 3.43. The van der Waals surface area contributed by atoms with Crippen LogP contribution in [0.25, 0.3) is 0 Å². The molecule has 1 amide bonds. The lowest BCUT2D eigenvalue weighted by atomic mass is 10.1. The lowest BCUT2D eigenvalue weighted by Crippen LogP contribution is -2.45. The van der Waals surface area contributed by atoms with E-state index in [2.05, 4.69) is 27.7 Å². The molecule has 1 atom stereocenters. The van der Waals surface area contributed by atoms with E-state index in [1.165, 1.54) is 0 Å². The standard InChI is InChI=1S/C17H33NO3/c1-6-8-10-11-16(19)18(13-14(3)4)15(5)17(20)21-12-9-7-2/h14-15H,6-13H2,1-5H3. The zero-order chi connectivity index (χ0) is 16.3. The van der Waals surface area contributed by atoms with Gasteiger partial charge in [0.2, 0.25) is 5.91 Å². The molecule has 0 fully saturated rings. The third-order valence-corrected chi connectivity index (χ3v) is 3.43. The summed E-state index contributed by atoms with van der Waals surface area (Å²) < 4.78 is 5.25. The van der Waals surface area contributed by atoms with Crippen LogP contribution >= 0.6 is 0 Å². The van der Waals surface area contributed by atoms with Crippen LogP contribution in [0.4, 0.5) is 0 Å². The minimum Gasteiger partial charge on any atom is -0.464 e. The Morgan fingerprint density at radius 3 is 2.14 bits per heavy atom. The summed E-state index contributed by atoms with van der Waals surface area (Å²) in [6.45, 7) is 11.1. The van der Waals surface area contributed by atoms with Crippen molar-refractivity contribution < 1.29 is 14.3 Å². The molecule has 0 saturated heterocycles. The SMILES string of the molecule is CCCCCC(=O)N(CC(C)C)C(C)C(=O)OCCCC. The van der Waals surface area contributed by atoms with Crippen molar-refractivity contribution in [2.75, 3.05) is 13.2 Å². The topological polar surface area (TPSA) is 46.6 Å². The van der Waals surface area contributed by atoms with Crippen molar-refractivity contribution in [2.24, 2.45) is 5.92 Å². The van der Waals surface area contributed by atoms with Gasteiger partial charge in [-0.3, -0.25) is 4.79 Å². The number of unbranched alkanes of at least 4 members (excludes halogenated alkanes) is 3. The van der Waals surface area contributed by atoms with Gasteiger partial charge < -0.3 is 9.64 Å². The summed E-state index contributed by atoms with van der Waals surface area (Å²) in [7, 11) is 0. The number of hydrogen-bond donors (Lipinski definition) is 0. The molecule has 124 valence electrons. The van der Waals surface area contributed by atoms with Crippen molar-refractivity contribution in [3.63, 3.8) is 0 Å². The van der Waals surface area contributed by atoms with Crippen LogP contribution in [0.15, 0.2) is 0 Å². The molecule has 0 bridgehead atoms. The Kier molecular flexibility index (Phi) is 11.0. The Morgan fingerprint density at radius 2 is 1.62 bits per heavy atom. The van der Waals surface area contributed by atoms with E-state index in [1.807, 2.05) is 0 Å². The van der Waals surface area contributed by atoms with Crippen LogP contribution in [0.2, 0.25) is 0 Å². The van der Waals surface area contributed by atoms with E-state index < -0.39 is 6.04 Å². The highest BCUT2D eigenvalue weighted by atomic mass is 16.5. The summed E-state index contributed by atoms with van der Waals surface area (Å²) in [6, 6.07) is -0.488. The first kappa shape index (κ1) is 19.9. The van der Waals surface area contributed by atoms with E-state index >= 15 is 0 Å². The molecule has 21 heavy (non-hydrogen) atoms. The number of carbonyl (C=O) groups excluding carboxylic acids is 2. The van der Waals surface area contributed by atoms with Crippen molar-refractivity contribution in [1.82, 2.24) is 4.90 Å². The molecule has 1 unspecified atom stereocenters. The minimum absolute atomic E-state index is 0.0668. The quantitative estimate of drug-likeness (QED) is 0.431. The molecule has 4 nitrogen and oxygen atoms in total. The fraction of sp³-hybridized carbons (Fsp3) is 0.882. The minimum atomic E-state index is -0.488. The summed E-state index contributed by atoms with van der Waals surface area (Å²) in [5.74, 6) is 0.121. The Hall–Kier alpha value is -1.06. The van der Waals surface area contributed by atoms with Crippen molar-refractivity contribution in [3.05, 3.63) is 0 Å². The molecule has 0 N–H and O–H groups in total. The molecular weight excluding hydrogens is 266 g/mol. The zero-order valence-electron chi connectivity index (χ0n) is 14.5. The van der Waals surface area contributed by atoms with Crippen LogP contribution < -0.4 is 0 Å². The number of ether oxygens (including phenoxy) is 1. The second-order valence-electron chi connectivity index (χ2n) is 6.09. The first-order chi connectivity index (χ1) is 9.93. The molecule has 0 aromatic carbocycles. The number of amides is 1. The van der Waals surface area contributed by atoms with Gasteiger partial charge in [-0.25, -0.2) is 4.79 Å².